The van der Waals surface area contributed by atoms with Crippen LogP contribution in [0.15, 0.2) is 78.5 Å². The molecule has 2 amide bonds. The molecule has 0 atom stereocenters. The molecule has 0 fully saturated rings. The number of carbonyl (C=O) groups excluding carboxylic acids is 2. The van der Waals surface area contributed by atoms with Gasteiger partial charge in [0, 0.05) is 16.3 Å². The van der Waals surface area contributed by atoms with Crippen LogP contribution in [-0.4, -0.2) is 16.7 Å². The zero-order chi connectivity index (χ0) is 21.3. The highest BCUT2D eigenvalue weighted by atomic mass is 35.5. The molecule has 4 nitrogen and oxygen atoms in total. The monoisotopic (exact) mass is 440 g/mol. The number of anilines is 1. The maximum absolute atomic E-state index is 13.3. The number of hydrogen-bond donors (Lipinski definition) is 1. The van der Waals surface area contributed by atoms with E-state index in [0.29, 0.717) is 16.3 Å². The third-order valence-corrected chi connectivity index (χ3v) is 5.21. The van der Waals surface area contributed by atoms with E-state index in [2.05, 4.69) is 5.32 Å². The van der Waals surface area contributed by atoms with Gasteiger partial charge in [-0.05, 0) is 42.0 Å². The van der Waals surface area contributed by atoms with Crippen molar-refractivity contribution in [2.24, 2.45) is 0 Å². The lowest BCUT2D eigenvalue weighted by molar-refractivity contribution is -0.137. The van der Waals surface area contributed by atoms with Gasteiger partial charge in [0.25, 0.3) is 11.8 Å². The van der Waals surface area contributed by atoms with Crippen molar-refractivity contribution in [1.82, 2.24) is 4.90 Å². The molecule has 150 valence electrons. The summed E-state index contributed by atoms with van der Waals surface area (Å²) in [5.74, 6) is -1.37. The smallest absolute Gasteiger partial charge is 0.278 e. The van der Waals surface area contributed by atoms with Crippen LogP contribution in [0.4, 0.5) is 10.1 Å². The van der Waals surface area contributed by atoms with E-state index < -0.39 is 17.6 Å². The molecule has 0 spiro atoms. The second-order valence-corrected chi connectivity index (χ2v) is 7.53. The summed E-state index contributed by atoms with van der Waals surface area (Å²) in [4.78, 5) is 27.6. The van der Waals surface area contributed by atoms with E-state index in [1.54, 1.807) is 12.1 Å². The maximum Gasteiger partial charge on any atom is 0.278 e. The molecule has 0 unspecified atom stereocenters. The van der Waals surface area contributed by atoms with Crippen LogP contribution in [-0.2, 0) is 16.1 Å². The van der Waals surface area contributed by atoms with E-state index >= 15 is 0 Å². The van der Waals surface area contributed by atoms with E-state index in [1.165, 1.54) is 30.3 Å². The normalized spacial score (nSPS) is 13.9. The lowest BCUT2D eigenvalue weighted by Gasteiger charge is -2.15. The number of carbonyl (C=O) groups is 2. The molecule has 0 bridgehead atoms. The minimum Gasteiger partial charge on any atom is -0.350 e. The molecule has 7 heteroatoms. The molecule has 0 aliphatic carbocycles. The van der Waals surface area contributed by atoms with Crippen LogP contribution in [0.2, 0.25) is 10.0 Å². The molecule has 1 N–H and O–H groups in total. The Balaban J connectivity index is 1.78. The molecular formula is C23H15Cl2FN2O2. The fourth-order valence-electron chi connectivity index (χ4n) is 3.22. The fourth-order valence-corrected chi connectivity index (χ4v) is 3.72. The predicted octanol–water partition coefficient (Wildman–Crippen LogP) is 5.52. The number of rotatable bonds is 5. The van der Waals surface area contributed by atoms with Crippen LogP contribution < -0.4 is 5.32 Å². The maximum atomic E-state index is 13.3. The topological polar surface area (TPSA) is 49.4 Å². The number of imide groups is 1. The lowest BCUT2D eigenvalue weighted by Crippen LogP contribution is -2.32. The van der Waals surface area contributed by atoms with Crippen molar-refractivity contribution in [2.75, 3.05) is 5.32 Å². The Morgan fingerprint density at radius 3 is 2.23 bits per heavy atom. The molecule has 0 aromatic heterocycles. The highest BCUT2D eigenvalue weighted by Crippen LogP contribution is 2.36. The first-order valence-electron chi connectivity index (χ1n) is 9.06. The number of benzene rings is 3. The summed E-state index contributed by atoms with van der Waals surface area (Å²) in [7, 11) is 0. The first kappa shape index (κ1) is 20.1. The van der Waals surface area contributed by atoms with Crippen LogP contribution in [0.5, 0.6) is 0 Å². The van der Waals surface area contributed by atoms with Crippen LogP contribution >= 0.6 is 23.2 Å². The molecular weight excluding hydrogens is 426 g/mol. The Morgan fingerprint density at radius 1 is 0.867 bits per heavy atom. The molecule has 0 radical (unpaired) electrons. The van der Waals surface area contributed by atoms with E-state index in [9.17, 15) is 14.0 Å². The highest BCUT2D eigenvalue weighted by Gasteiger charge is 2.40. The molecule has 0 saturated heterocycles. The van der Waals surface area contributed by atoms with Gasteiger partial charge in [-0.1, -0.05) is 59.6 Å². The Kier molecular flexibility index (Phi) is 5.57. The first-order chi connectivity index (χ1) is 14.4. The van der Waals surface area contributed by atoms with Crippen LogP contribution in [0.3, 0.4) is 0 Å². The SMILES string of the molecule is O=C1C(Nc2ccc(F)cc2)=C(c2ccc(Cl)cc2Cl)C(=O)N1Cc1ccccc1. The predicted molar refractivity (Wildman–Crippen MR) is 115 cm³/mol. The molecule has 3 aromatic rings. The van der Waals surface area contributed by atoms with Gasteiger partial charge < -0.3 is 5.32 Å². The standard InChI is InChI=1S/C23H15Cl2FN2O2/c24-15-6-11-18(19(25)12-15)20-21(27-17-9-7-16(26)8-10-17)23(30)28(22(20)29)13-14-4-2-1-3-5-14/h1-12,27H,13H2. The molecule has 1 heterocycles. The molecule has 0 saturated carbocycles. The summed E-state index contributed by atoms with van der Waals surface area (Å²) in [6.07, 6.45) is 0. The third kappa shape index (κ3) is 3.95. The summed E-state index contributed by atoms with van der Waals surface area (Å²) in [6, 6.07) is 19.4. The van der Waals surface area contributed by atoms with Gasteiger partial charge in [-0.25, -0.2) is 4.39 Å². The lowest BCUT2D eigenvalue weighted by atomic mass is 10.0. The number of hydrogen-bond acceptors (Lipinski definition) is 3. The summed E-state index contributed by atoms with van der Waals surface area (Å²) >= 11 is 12.3. The van der Waals surface area contributed by atoms with Gasteiger partial charge in [0.15, 0.2) is 0 Å². The largest absolute Gasteiger partial charge is 0.350 e. The zero-order valence-electron chi connectivity index (χ0n) is 15.5. The highest BCUT2D eigenvalue weighted by molar-refractivity contribution is 6.41. The summed E-state index contributed by atoms with van der Waals surface area (Å²) in [6.45, 7) is 0.113. The van der Waals surface area contributed by atoms with Crippen LogP contribution in [0.25, 0.3) is 5.57 Å². The van der Waals surface area contributed by atoms with E-state index in [4.69, 9.17) is 23.2 Å². The van der Waals surface area contributed by atoms with Crippen molar-refractivity contribution < 1.29 is 14.0 Å². The van der Waals surface area contributed by atoms with Gasteiger partial charge in [-0.2, -0.15) is 0 Å². The Labute approximate surface area is 182 Å². The summed E-state index contributed by atoms with van der Waals surface area (Å²) in [5.41, 5.74) is 1.88. The van der Waals surface area contributed by atoms with Gasteiger partial charge >= 0.3 is 0 Å². The van der Waals surface area contributed by atoms with E-state index in [0.717, 1.165) is 10.5 Å². The van der Waals surface area contributed by atoms with Crippen molar-refractivity contribution >= 4 is 46.3 Å². The molecule has 4 rings (SSSR count). The average molecular weight is 441 g/mol. The van der Waals surface area contributed by atoms with Crippen molar-refractivity contribution in [3.63, 3.8) is 0 Å². The van der Waals surface area contributed by atoms with Gasteiger partial charge in [0.1, 0.15) is 11.5 Å². The van der Waals surface area contributed by atoms with Crippen molar-refractivity contribution in [1.29, 1.82) is 0 Å². The minimum atomic E-state index is -0.491. The zero-order valence-corrected chi connectivity index (χ0v) is 17.0. The van der Waals surface area contributed by atoms with E-state index in [1.807, 2.05) is 30.3 Å². The molecule has 1 aliphatic heterocycles. The average Bonchev–Trinajstić information content (AvgIpc) is 2.95. The number of nitrogens with one attached hydrogen (secondary N) is 1. The number of nitrogens with zero attached hydrogens (tertiary/aromatic N) is 1. The third-order valence-electron chi connectivity index (χ3n) is 4.67. The Hall–Kier alpha value is -3.15. The number of halogens is 3. The Bertz CT molecular complexity index is 1160. The first-order valence-corrected chi connectivity index (χ1v) is 9.82. The van der Waals surface area contributed by atoms with Crippen molar-refractivity contribution in [3.8, 4) is 0 Å². The fraction of sp³-hybridized carbons (Fsp3) is 0.0435. The van der Waals surface area contributed by atoms with Crippen LogP contribution in [0.1, 0.15) is 11.1 Å². The number of amides is 2. The van der Waals surface area contributed by atoms with E-state index in [-0.39, 0.29) is 22.8 Å². The van der Waals surface area contributed by atoms with Crippen molar-refractivity contribution in [3.05, 3.63) is 105 Å². The summed E-state index contributed by atoms with van der Waals surface area (Å²) < 4.78 is 13.3. The second-order valence-electron chi connectivity index (χ2n) is 6.69. The quantitative estimate of drug-likeness (QED) is 0.531. The van der Waals surface area contributed by atoms with Gasteiger partial charge in [-0.15, -0.1) is 0 Å². The van der Waals surface area contributed by atoms with Crippen LogP contribution in [0, 0.1) is 5.82 Å². The van der Waals surface area contributed by atoms with Gasteiger partial charge in [0.2, 0.25) is 0 Å². The summed E-state index contributed by atoms with van der Waals surface area (Å²) in [5, 5.41) is 3.62. The Morgan fingerprint density at radius 2 is 1.57 bits per heavy atom. The molecule has 30 heavy (non-hydrogen) atoms. The second kappa shape index (κ2) is 8.30. The van der Waals surface area contributed by atoms with Crippen molar-refractivity contribution in [2.45, 2.75) is 6.54 Å². The van der Waals surface area contributed by atoms with Gasteiger partial charge in [0.05, 0.1) is 17.1 Å². The molecule has 1 aliphatic rings. The molecule has 3 aromatic carbocycles. The minimum absolute atomic E-state index is 0.0757. The van der Waals surface area contributed by atoms with Gasteiger partial charge in [-0.3, -0.25) is 14.5 Å².